The van der Waals surface area contributed by atoms with Gasteiger partial charge in [-0.2, -0.15) is 26.7 Å². The minimum absolute atomic E-state index is 0.0213. The Balaban J connectivity index is 1.73. The molecule has 0 aliphatic heterocycles. The first-order valence-corrected chi connectivity index (χ1v) is 13.1. The molecule has 1 heterocycles. The Morgan fingerprint density at radius 3 is 2.19 bits per heavy atom. The molecule has 0 radical (unpaired) electrons. The molecule has 2 N–H and O–H groups in total. The number of ether oxygens (including phenoxy) is 2. The van der Waals surface area contributed by atoms with E-state index >= 15 is 0 Å². The number of sulfonamides is 1. The number of alkyl halides is 4. The fourth-order valence-electron chi connectivity index (χ4n) is 3.20. The predicted octanol–water partition coefficient (Wildman–Crippen LogP) is 6.50. The maximum Gasteiger partial charge on any atom is 0.516 e. The normalized spacial score (nSPS) is 12.4. The fraction of sp³-hybridized carbons (Fsp3) is 0.318. The third kappa shape index (κ3) is 6.31. The van der Waals surface area contributed by atoms with E-state index in [0.29, 0.717) is 27.4 Å². The Hall–Kier alpha value is -2.34. The predicted molar refractivity (Wildman–Crippen MR) is 133 cm³/mol. The highest BCUT2D eigenvalue weighted by Crippen LogP contribution is 2.40. The van der Waals surface area contributed by atoms with Crippen molar-refractivity contribution in [2.45, 2.75) is 31.4 Å². The summed E-state index contributed by atoms with van der Waals surface area (Å²) in [6, 6.07) is 10.5. The molecule has 0 saturated carbocycles. The lowest BCUT2D eigenvalue weighted by atomic mass is 9.78. The van der Waals surface area contributed by atoms with Crippen molar-refractivity contribution in [3.05, 3.63) is 69.5 Å². The van der Waals surface area contributed by atoms with E-state index < -0.39 is 20.9 Å². The van der Waals surface area contributed by atoms with Gasteiger partial charge in [0.25, 0.3) is 0 Å². The molecule has 3 rings (SSSR count). The van der Waals surface area contributed by atoms with Crippen molar-refractivity contribution in [1.29, 1.82) is 0 Å². The van der Waals surface area contributed by atoms with E-state index in [0.717, 1.165) is 17.3 Å². The molecule has 0 spiro atoms. The first-order valence-electron chi connectivity index (χ1n) is 10.3. The Morgan fingerprint density at radius 1 is 1.03 bits per heavy atom. The van der Waals surface area contributed by atoms with Crippen LogP contribution in [0.5, 0.6) is 11.5 Å². The quantitative estimate of drug-likeness (QED) is 0.265. The Morgan fingerprint density at radius 2 is 1.64 bits per heavy atom. The lowest BCUT2D eigenvalue weighted by molar-refractivity contribution is -0.0429. The minimum atomic E-state index is -5.59. The van der Waals surface area contributed by atoms with E-state index in [-0.39, 0.29) is 24.6 Å². The lowest BCUT2D eigenvalue weighted by Gasteiger charge is -2.27. The zero-order valence-corrected chi connectivity index (χ0v) is 22.0. The van der Waals surface area contributed by atoms with Crippen molar-refractivity contribution in [1.82, 2.24) is 10.2 Å². The first-order chi connectivity index (χ1) is 16.8. The van der Waals surface area contributed by atoms with E-state index in [9.17, 15) is 21.6 Å². The topological polar surface area (TPSA) is 93.3 Å². The molecule has 0 aliphatic carbocycles. The van der Waals surface area contributed by atoms with Crippen LogP contribution in [0.3, 0.4) is 0 Å². The van der Waals surface area contributed by atoms with Crippen molar-refractivity contribution in [3.8, 4) is 11.5 Å². The van der Waals surface area contributed by atoms with E-state index in [1.165, 1.54) is 4.72 Å². The maximum atomic E-state index is 12.6. The zero-order chi connectivity index (χ0) is 26.7. The molecule has 0 fully saturated rings. The Bertz CT molecular complexity index is 1290. The smallest absolute Gasteiger partial charge is 0.489 e. The highest BCUT2D eigenvalue weighted by molar-refractivity contribution is 7.93. The van der Waals surface area contributed by atoms with E-state index in [1.807, 2.05) is 26.0 Å². The van der Waals surface area contributed by atoms with Crippen molar-refractivity contribution in [3.63, 3.8) is 0 Å². The van der Waals surface area contributed by atoms with Gasteiger partial charge in [-0.15, -0.1) is 11.6 Å². The summed E-state index contributed by atoms with van der Waals surface area (Å²) in [7, 11) is -5.59. The summed E-state index contributed by atoms with van der Waals surface area (Å²) >= 11 is 18.4. The monoisotopic (exact) mass is 585 g/mol. The molecule has 2 aromatic carbocycles. The van der Waals surface area contributed by atoms with Gasteiger partial charge >= 0.3 is 15.5 Å². The summed E-state index contributed by atoms with van der Waals surface area (Å²) in [5, 5.41) is 6.71. The summed E-state index contributed by atoms with van der Waals surface area (Å²) in [4.78, 5) is 0. The number of hydrogen-bond donors (Lipinski definition) is 2. The number of hydrogen-bond acceptors (Lipinski definition) is 5. The van der Waals surface area contributed by atoms with Gasteiger partial charge in [-0.1, -0.05) is 49.2 Å². The molecule has 1 aromatic heterocycles. The Kier molecular flexibility index (Phi) is 8.59. The second-order valence-electron chi connectivity index (χ2n) is 8.06. The number of nitrogens with zero attached hydrogens (tertiary/aromatic N) is 1. The number of aromatic nitrogens is 2. The summed E-state index contributed by atoms with van der Waals surface area (Å²) in [5.41, 5.74) is -4.58. The van der Waals surface area contributed by atoms with Crippen LogP contribution in [-0.2, 0) is 22.0 Å². The van der Waals surface area contributed by atoms with Crippen LogP contribution in [0.4, 0.5) is 18.9 Å². The van der Waals surface area contributed by atoms with E-state index in [4.69, 9.17) is 44.3 Å². The third-order valence-electron chi connectivity index (χ3n) is 5.27. The molecule has 0 saturated heterocycles. The van der Waals surface area contributed by atoms with Gasteiger partial charge in [0.05, 0.1) is 33.5 Å². The van der Waals surface area contributed by atoms with E-state index in [1.54, 1.807) is 24.3 Å². The van der Waals surface area contributed by atoms with Crippen LogP contribution in [0.15, 0.2) is 42.6 Å². The van der Waals surface area contributed by atoms with Crippen LogP contribution in [0.2, 0.25) is 10.0 Å². The highest BCUT2D eigenvalue weighted by atomic mass is 35.5. The van der Waals surface area contributed by atoms with Crippen molar-refractivity contribution in [2.75, 3.05) is 17.2 Å². The van der Waals surface area contributed by atoms with Gasteiger partial charge in [-0.3, -0.25) is 9.82 Å². The number of nitrogens with one attached hydrogen (secondary N) is 2. The standard InChI is InChI=1S/C22H21Cl3F3N3O4S/c1-21(2,14-9-16(24)20(17(25)10-14)34-8-7-23)13-3-5-15(6-4-13)35-12-19-18(11-29-30-19)31-36(32,33)22(26,27)28/h3-6,9-11,31H,7-8,12H2,1-2H3,(H,29,30). The number of rotatable bonds is 10. The molecular formula is C22H21Cl3F3N3O4S. The Labute approximate surface area is 220 Å². The second kappa shape index (κ2) is 11.0. The van der Waals surface area contributed by atoms with Crippen LogP contribution in [-0.4, -0.2) is 36.6 Å². The fourth-order valence-corrected chi connectivity index (χ4v) is 4.46. The molecule has 0 aliphatic rings. The van der Waals surface area contributed by atoms with Crippen molar-refractivity contribution in [2.24, 2.45) is 0 Å². The van der Waals surface area contributed by atoms with Gasteiger partial charge in [-0.25, -0.2) is 0 Å². The SMILES string of the molecule is CC(C)(c1ccc(OCc2[nH]ncc2NS(=O)(=O)C(F)(F)F)cc1)c1cc(Cl)c(OCCCl)c(Cl)c1. The van der Waals surface area contributed by atoms with Gasteiger partial charge in [-0.05, 0) is 35.4 Å². The highest BCUT2D eigenvalue weighted by Gasteiger charge is 2.46. The number of aromatic amines is 1. The number of benzene rings is 2. The van der Waals surface area contributed by atoms with Crippen LogP contribution >= 0.6 is 34.8 Å². The molecule has 0 unspecified atom stereocenters. The molecular weight excluding hydrogens is 566 g/mol. The zero-order valence-electron chi connectivity index (χ0n) is 18.9. The summed E-state index contributed by atoms with van der Waals surface area (Å²) in [6.45, 7) is 3.97. The number of halogens is 6. The summed E-state index contributed by atoms with van der Waals surface area (Å²) in [6.07, 6.45) is 0.926. The van der Waals surface area contributed by atoms with Gasteiger partial charge in [0.2, 0.25) is 0 Å². The summed E-state index contributed by atoms with van der Waals surface area (Å²) < 4.78 is 73.2. The second-order valence-corrected chi connectivity index (χ2v) is 10.9. The minimum Gasteiger partial charge on any atom is -0.489 e. The van der Waals surface area contributed by atoms with Crippen LogP contribution in [0, 0.1) is 0 Å². The van der Waals surface area contributed by atoms with Gasteiger partial charge < -0.3 is 9.47 Å². The van der Waals surface area contributed by atoms with Crippen LogP contribution in [0.1, 0.15) is 30.7 Å². The summed E-state index contributed by atoms with van der Waals surface area (Å²) in [5.74, 6) is 1.05. The molecule has 7 nitrogen and oxygen atoms in total. The number of H-pyrrole nitrogens is 1. The van der Waals surface area contributed by atoms with Crippen LogP contribution in [0.25, 0.3) is 0 Å². The van der Waals surface area contributed by atoms with Crippen LogP contribution < -0.4 is 14.2 Å². The molecule has 0 bridgehead atoms. The maximum absolute atomic E-state index is 12.6. The van der Waals surface area contributed by atoms with Crippen molar-refractivity contribution >= 4 is 50.5 Å². The average molecular weight is 587 g/mol. The van der Waals surface area contributed by atoms with Gasteiger partial charge in [0.1, 0.15) is 19.0 Å². The first kappa shape index (κ1) is 28.2. The largest absolute Gasteiger partial charge is 0.516 e. The molecule has 0 atom stereocenters. The number of anilines is 1. The van der Waals surface area contributed by atoms with Crippen molar-refractivity contribution < 1.29 is 31.1 Å². The van der Waals surface area contributed by atoms with E-state index in [2.05, 4.69) is 10.2 Å². The molecule has 196 valence electrons. The molecule has 0 amide bonds. The third-order valence-corrected chi connectivity index (χ3v) is 7.08. The molecule has 14 heteroatoms. The van der Waals surface area contributed by atoms with Gasteiger partial charge in [0.15, 0.2) is 5.75 Å². The average Bonchev–Trinajstić information content (AvgIpc) is 3.22. The van der Waals surface area contributed by atoms with Gasteiger partial charge in [0, 0.05) is 5.41 Å². The lowest BCUT2D eigenvalue weighted by Crippen LogP contribution is -2.30. The molecule has 3 aromatic rings. The molecule has 36 heavy (non-hydrogen) atoms.